The Morgan fingerprint density at radius 3 is 3.00 bits per heavy atom. The largest absolute Gasteiger partial charge is 0.383 e. The standard InChI is InChI=1S/C14H21N3O5/c1-8-6-17(13(18)16-11(8)15)12-9-10(20-3)14(22-12,7-19-2)4-5-21-9/h6,9-10,12H,4-5,7H2,1-3H3,(H2,15,16,18)/t9?,10?,12?,14-/m1/s1. The van der Waals surface area contributed by atoms with Gasteiger partial charge < -0.3 is 24.7 Å². The maximum atomic E-state index is 12.2. The number of nitrogen functional groups attached to an aromatic ring is 1. The smallest absolute Gasteiger partial charge is 0.351 e. The van der Waals surface area contributed by atoms with Crippen LogP contribution in [0.3, 0.4) is 0 Å². The van der Waals surface area contributed by atoms with Gasteiger partial charge in [-0.15, -0.1) is 0 Å². The van der Waals surface area contributed by atoms with Gasteiger partial charge in [-0.3, -0.25) is 4.57 Å². The van der Waals surface area contributed by atoms with E-state index in [1.54, 1.807) is 27.3 Å². The van der Waals surface area contributed by atoms with Crippen molar-refractivity contribution in [2.24, 2.45) is 0 Å². The Kier molecular flexibility index (Phi) is 3.94. The summed E-state index contributed by atoms with van der Waals surface area (Å²) >= 11 is 0. The highest BCUT2D eigenvalue weighted by molar-refractivity contribution is 5.35. The van der Waals surface area contributed by atoms with Crippen molar-refractivity contribution >= 4 is 5.82 Å². The van der Waals surface area contributed by atoms with E-state index < -0.39 is 23.6 Å². The summed E-state index contributed by atoms with van der Waals surface area (Å²) in [7, 11) is 3.22. The van der Waals surface area contributed by atoms with Gasteiger partial charge in [-0.05, 0) is 6.92 Å². The van der Waals surface area contributed by atoms with Crippen LogP contribution in [0.4, 0.5) is 5.82 Å². The van der Waals surface area contributed by atoms with Crippen LogP contribution in [0.5, 0.6) is 0 Å². The summed E-state index contributed by atoms with van der Waals surface area (Å²) in [5.41, 5.74) is 5.30. The molecule has 0 aliphatic carbocycles. The van der Waals surface area contributed by atoms with Crippen molar-refractivity contribution in [1.82, 2.24) is 9.55 Å². The molecular formula is C14H21N3O5. The number of methoxy groups -OCH3 is 2. The van der Waals surface area contributed by atoms with Gasteiger partial charge in [-0.25, -0.2) is 4.79 Å². The average Bonchev–Trinajstić information content (AvgIpc) is 2.65. The van der Waals surface area contributed by atoms with E-state index in [0.29, 0.717) is 25.2 Å². The number of ether oxygens (including phenoxy) is 4. The maximum Gasteiger partial charge on any atom is 0.351 e. The molecule has 0 saturated carbocycles. The van der Waals surface area contributed by atoms with Crippen molar-refractivity contribution in [3.8, 4) is 0 Å². The van der Waals surface area contributed by atoms with Crippen molar-refractivity contribution < 1.29 is 18.9 Å². The van der Waals surface area contributed by atoms with E-state index in [1.165, 1.54) is 4.57 Å². The molecule has 0 radical (unpaired) electrons. The molecule has 4 atom stereocenters. The van der Waals surface area contributed by atoms with Crippen LogP contribution in [0.15, 0.2) is 11.0 Å². The molecule has 0 aromatic carbocycles. The van der Waals surface area contributed by atoms with Gasteiger partial charge in [-0.1, -0.05) is 0 Å². The lowest BCUT2D eigenvalue weighted by molar-refractivity contribution is -0.159. The third-order valence-electron chi connectivity index (χ3n) is 4.38. The second kappa shape index (κ2) is 5.62. The maximum absolute atomic E-state index is 12.2. The van der Waals surface area contributed by atoms with Crippen molar-refractivity contribution in [2.45, 2.75) is 37.4 Å². The number of anilines is 1. The van der Waals surface area contributed by atoms with Gasteiger partial charge in [0.2, 0.25) is 0 Å². The van der Waals surface area contributed by atoms with Crippen molar-refractivity contribution in [1.29, 1.82) is 0 Å². The van der Waals surface area contributed by atoms with Crippen LogP contribution in [0, 0.1) is 6.92 Å². The van der Waals surface area contributed by atoms with Gasteiger partial charge in [0, 0.05) is 32.4 Å². The van der Waals surface area contributed by atoms with Gasteiger partial charge in [0.05, 0.1) is 13.2 Å². The summed E-state index contributed by atoms with van der Waals surface area (Å²) in [5.74, 6) is 0.220. The van der Waals surface area contributed by atoms with Gasteiger partial charge >= 0.3 is 5.69 Å². The Labute approximate surface area is 128 Å². The number of nitrogens with two attached hydrogens (primary N) is 1. The number of aromatic nitrogens is 2. The van der Waals surface area contributed by atoms with E-state index in [0.717, 1.165) is 0 Å². The first-order valence-corrected chi connectivity index (χ1v) is 7.19. The molecule has 2 N–H and O–H groups in total. The Morgan fingerprint density at radius 1 is 1.55 bits per heavy atom. The van der Waals surface area contributed by atoms with E-state index in [2.05, 4.69) is 4.98 Å². The normalized spacial score (nSPS) is 34.0. The lowest BCUT2D eigenvalue weighted by Gasteiger charge is -2.37. The molecule has 3 heterocycles. The minimum Gasteiger partial charge on any atom is -0.383 e. The molecule has 3 unspecified atom stereocenters. The molecule has 0 amide bonds. The van der Waals surface area contributed by atoms with Crippen molar-refractivity contribution in [3.05, 3.63) is 22.2 Å². The molecule has 2 aliphatic rings. The predicted molar refractivity (Wildman–Crippen MR) is 77.5 cm³/mol. The van der Waals surface area contributed by atoms with Gasteiger partial charge in [0.15, 0.2) is 6.23 Å². The number of nitrogens with zero attached hydrogens (tertiary/aromatic N) is 2. The quantitative estimate of drug-likeness (QED) is 0.826. The van der Waals surface area contributed by atoms with E-state index >= 15 is 0 Å². The molecular weight excluding hydrogens is 290 g/mol. The second-order valence-electron chi connectivity index (χ2n) is 5.75. The summed E-state index contributed by atoms with van der Waals surface area (Å²) in [6.45, 7) is 2.69. The van der Waals surface area contributed by atoms with E-state index in [-0.39, 0.29) is 11.9 Å². The lowest BCUT2D eigenvalue weighted by Crippen LogP contribution is -2.52. The zero-order chi connectivity index (χ0) is 15.9. The molecule has 2 aliphatic heterocycles. The van der Waals surface area contributed by atoms with E-state index in [4.69, 9.17) is 24.7 Å². The Balaban J connectivity index is 2.02. The first-order chi connectivity index (χ1) is 10.5. The highest BCUT2D eigenvalue weighted by Gasteiger charge is 2.59. The van der Waals surface area contributed by atoms with Crippen LogP contribution in [0.2, 0.25) is 0 Å². The molecule has 0 spiro atoms. The second-order valence-corrected chi connectivity index (χ2v) is 5.75. The average molecular weight is 311 g/mol. The van der Waals surface area contributed by atoms with Gasteiger partial charge in [-0.2, -0.15) is 4.98 Å². The highest BCUT2D eigenvalue weighted by Crippen LogP contribution is 2.45. The molecule has 3 rings (SSSR count). The third-order valence-corrected chi connectivity index (χ3v) is 4.38. The number of hydrogen-bond acceptors (Lipinski definition) is 7. The first kappa shape index (κ1) is 15.4. The molecule has 8 nitrogen and oxygen atoms in total. The van der Waals surface area contributed by atoms with Crippen LogP contribution >= 0.6 is 0 Å². The van der Waals surface area contributed by atoms with Crippen LogP contribution in [0.1, 0.15) is 18.2 Å². The third kappa shape index (κ3) is 2.23. The number of hydrogen-bond donors (Lipinski definition) is 1. The highest BCUT2D eigenvalue weighted by atomic mass is 16.6. The molecule has 2 bridgehead atoms. The number of aryl methyl sites for hydroxylation is 1. The van der Waals surface area contributed by atoms with Crippen LogP contribution in [0.25, 0.3) is 0 Å². The Hall–Kier alpha value is -1.48. The van der Waals surface area contributed by atoms with Crippen molar-refractivity contribution in [3.63, 3.8) is 0 Å². The number of rotatable bonds is 4. The fourth-order valence-electron chi connectivity index (χ4n) is 3.32. The molecule has 8 heteroatoms. The van der Waals surface area contributed by atoms with Crippen LogP contribution < -0.4 is 11.4 Å². The van der Waals surface area contributed by atoms with E-state index in [9.17, 15) is 4.79 Å². The number of fused-ring (bicyclic) bond motifs is 2. The zero-order valence-corrected chi connectivity index (χ0v) is 12.9. The molecule has 2 fully saturated rings. The Morgan fingerprint density at radius 2 is 2.32 bits per heavy atom. The van der Waals surface area contributed by atoms with E-state index in [1.807, 2.05) is 0 Å². The Bertz CT molecular complexity index is 615. The molecule has 2 saturated heterocycles. The molecule has 1 aromatic heterocycles. The van der Waals surface area contributed by atoms with Gasteiger partial charge in [0.1, 0.15) is 23.6 Å². The zero-order valence-electron chi connectivity index (χ0n) is 12.9. The summed E-state index contributed by atoms with van der Waals surface area (Å²) < 4.78 is 24.3. The summed E-state index contributed by atoms with van der Waals surface area (Å²) in [5, 5.41) is 0. The predicted octanol–water partition coefficient (Wildman–Crippen LogP) is -0.148. The summed E-state index contributed by atoms with van der Waals surface area (Å²) in [6.07, 6.45) is 0.976. The summed E-state index contributed by atoms with van der Waals surface area (Å²) in [6, 6.07) is 0. The summed E-state index contributed by atoms with van der Waals surface area (Å²) in [4.78, 5) is 16.0. The van der Waals surface area contributed by atoms with Crippen LogP contribution in [-0.2, 0) is 18.9 Å². The lowest BCUT2D eigenvalue weighted by atomic mass is 9.90. The first-order valence-electron chi connectivity index (χ1n) is 7.19. The fraction of sp³-hybridized carbons (Fsp3) is 0.714. The van der Waals surface area contributed by atoms with Gasteiger partial charge in [0.25, 0.3) is 0 Å². The van der Waals surface area contributed by atoms with Crippen LogP contribution in [-0.4, -0.2) is 54.8 Å². The molecule has 1 aromatic rings. The monoisotopic (exact) mass is 311 g/mol. The van der Waals surface area contributed by atoms with Crippen molar-refractivity contribution in [2.75, 3.05) is 33.2 Å². The molecule has 22 heavy (non-hydrogen) atoms. The fourth-order valence-corrected chi connectivity index (χ4v) is 3.32. The minimum atomic E-state index is -0.619. The SMILES string of the molecule is COC[C@@]12CCOC(C(n3cc(C)c(N)nc3=O)O1)C2OC. The topological polar surface area (TPSA) is 97.8 Å². The molecule has 122 valence electrons. The minimum absolute atomic E-state index is 0.220.